The van der Waals surface area contributed by atoms with Gasteiger partial charge >= 0.3 is 5.97 Å². The first kappa shape index (κ1) is 13.7. The molecule has 0 fully saturated rings. The molecule has 0 aliphatic carbocycles. The van der Waals surface area contributed by atoms with Crippen LogP contribution in [0.25, 0.3) is 0 Å². The van der Waals surface area contributed by atoms with E-state index in [0.717, 1.165) is 12.7 Å². The van der Waals surface area contributed by atoms with E-state index in [1.54, 1.807) is 0 Å². The summed E-state index contributed by atoms with van der Waals surface area (Å²) in [4.78, 5) is 22.9. The molecule has 0 rings (SSSR count). The van der Waals surface area contributed by atoms with Gasteiger partial charge in [0, 0.05) is 6.42 Å². The van der Waals surface area contributed by atoms with Crippen LogP contribution in [0.1, 0.15) is 33.1 Å². The fraction of sp³-hybridized carbons (Fsp3) is 0.636. The average Bonchev–Trinajstić information content (AvgIpc) is 2.22. The number of ether oxygens (including phenoxy) is 2. The Hall–Kier alpha value is -1.32. The number of hydrogen-bond donors (Lipinski definition) is 0. The first-order valence-electron chi connectivity index (χ1n) is 5.10. The Morgan fingerprint density at radius 3 is 2.33 bits per heavy atom. The van der Waals surface area contributed by atoms with Crippen molar-refractivity contribution in [2.75, 3.05) is 13.7 Å². The molecule has 0 aromatic carbocycles. The van der Waals surface area contributed by atoms with Crippen LogP contribution in [0.4, 0.5) is 0 Å². The largest absolute Gasteiger partial charge is 0.503 e. The molecule has 0 unspecified atom stereocenters. The summed E-state index contributed by atoms with van der Waals surface area (Å²) in [7, 11) is 1.40. The number of Topliss-reactive ketones (excluding diaryl/α,β-unsaturated/α-hetero) is 1. The third-order valence-corrected chi connectivity index (χ3v) is 1.67. The molecule has 0 aromatic heterocycles. The van der Waals surface area contributed by atoms with Crippen LogP contribution in [0.5, 0.6) is 0 Å². The van der Waals surface area contributed by atoms with Crippen LogP contribution in [0, 0.1) is 0 Å². The van der Waals surface area contributed by atoms with Crippen LogP contribution in [-0.2, 0) is 19.1 Å². The summed E-state index contributed by atoms with van der Waals surface area (Å²) in [5.41, 5.74) is -0.00667. The molecule has 0 aliphatic rings. The minimum absolute atomic E-state index is 0.00667. The average molecular weight is 214 g/mol. The van der Waals surface area contributed by atoms with Gasteiger partial charge in [-0.05, 0) is 12.8 Å². The molecule has 0 aromatic rings. The Balaban J connectivity index is 4.45. The van der Waals surface area contributed by atoms with E-state index in [9.17, 15) is 9.59 Å². The first-order chi connectivity index (χ1) is 7.17. The van der Waals surface area contributed by atoms with Gasteiger partial charge in [0.05, 0.1) is 13.7 Å². The topological polar surface area (TPSA) is 52.6 Å². The smallest absolute Gasteiger partial charge is 0.344 e. The summed E-state index contributed by atoms with van der Waals surface area (Å²) in [5, 5.41) is 0. The molecule has 86 valence electrons. The highest BCUT2D eigenvalue weighted by Gasteiger charge is 2.19. The molecule has 0 saturated heterocycles. The lowest BCUT2D eigenvalue weighted by Gasteiger charge is -2.05. The van der Waals surface area contributed by atoms with Crippen molar-refractivity contribution in [2.45, 2.75) is 33.1 Å². The van der Waals surface area contributed by atoms with Crippen LogP contribution in [-0.4, -0.2) is 25.5 Å². The first-order valence-corrected chi connectivity index (χ1v) is 5.10. The number of ketones is 1. The van der Waals surface area contributed by atoms with Crippen molar-refractivity contribution in [3.8, 4) is 0 Å². The Morgan fingerprint density at radius 1 is 1.20 bits per heavy atom. The predicted octanol–water partition coefficient (Wildman–Crippen LogP) is 1.84. The highest BCUT2D eigenvalue weighted by atomic mass is 16.5. The van der Waals surface area contributed by atoms with Gasteiger partial charge in [0.25, 0.3) is 0 Å². The Kier molecular flexibility index (Phi) is 7.32. The van der Waals surface area contributed by atoms with E-state index in [0.29, 0.717) is 19.4 Å². The summed E-state index contributed by atoms with van der Waals surface area (Å²) in [6, 6.07) is 0. The number of esters is 1. The molecular weight excluding hydrogens is 196 g/mol. The fourth-order valence-electron chi connectivity index (χ4n) is 0.980. The number of hydrogen-bond acceptors (Lipinski definition) is 4. The van der Waals surface area contributed by atoms with Gasteiger partial charge in [0.1, 0.15) is 11.8 Å². The van der Waals surface area contributed by atoms with E-state index in [1.165, 1.54) is 7.11 Å². The van der Waals surface area contributed by atoms with E-state index in [1.807, 2.05) is 13.8 Å². The Bertz CT molecular complexity index is 243. The maximum atomic E-state index is 11.5. The van der Waals surface area contributed by atoms with Crippen LogP contribution in [0.2, 0.25) is 0 Å². The number of carbonyl (C=O) groups is 2. The predicted molar refractivity (Wildman–Crippen MR) is 56.3 cm³/mol. The zero-order chi connectivity index (χ0) is 11.7. The lowest BCUT2D eigenvalue weighted by atomic mass is 10.1. The van der Waals surface area contributed by atoms with Crippen molar-refractivity contribution in [1.82, 2.24) is 0 Å². The lowest BCUT2D eigenvalue weighted by Crippen LogP contribution is -2.16. The highest BCUT2D eigenvalue weighted by Crippen LogP contribution is 2.06. The van der Waals surface area contributed by atoms with Crippen molar-refractivity contribution in [3.63, 3.8) is 0 Å². The second-order valence-corrected chi connectivity index (χ2v) is 3.08. The van der Waals surface area contributed by atoms with Crippen molar-refractivity contribution in [3.05, 3.63) is 11.8 Å². The van der Waals surface area contributed by atoms with Crippen molar-refractivity contribution >= 4 is 11.8 Å². The molecule has 0 amide bonds. The Labute approximate surface area is 90.2 Å². The van der Waals surface area contributed by atoms with E-state index < -0.39 is 5.97 Å². The third kappa shape index (κ3) is 5.20. The molecule has 0 spiro atoms. The maximum Gasteiger partial charge on any atom is 0.344 e. The molecule has 0 bridgehead atoms. The van der Waals surface area contributed by atoms with Crippen molar-refractivity contribution in [2.24, 2.45) is 0 Å². The number of rotatable bonds is 7. The minimum atomic E-state index is -0.600. The summed E-state index contributed by atoms with van der Waals surface area (Å²) in [5.74, 6) is -0.836. The molecule has 4 nitrogen and oxygen atoms in total. The van der Waals surface area contributed by atoms with Crippen LogP contribution < -0.4 is 0 Å². The quantitative estimate of drug-likeness (QED) is 0.213. The molecule has 4 heteroatoms. The Morgan fingerprint density at radius 2 is 1.87 bits per heavy atom. The lowest BCUT2D eigenvalue weighted by molar-refractivity contribution is -0.140. The van der Waals surface area contributed by atoms with E-state index in [2.05, 4.69) is 4.74 Å². The van der Waals surface area contributed by atoms with E-state index >= 15 is 0 Å². The zero-order valence-corrected chi connectivity index (χ0v) is 9.54. The van der Waals surface area contributed by atoms with Gasteiger partial charge in [-0.3, -0.25) is 4.79 Å². The normalized spacial score (nSPS) is 11.0. The number of carbonyl (C=O) groups excluding carboxylic acids is 2. The van der Waals surface area contributed by atoms with Gasteiger partial charge in [-0.25, -0.2) is 4.79 Å². The molecule has 0 heterocycles. The SMILES string of the molecule is CCCOC(=O)C(=COC)C(=O)CCC. The van der Waals surface area contributed by atoms with Crippen LogP contribution in [0.3, 0.4) is 0 Å². The minimum Gasteiger partial charge on any atom is -0.503 e. The van der Waals surface area contributed by atoms with Gasteiger partial charge in [-0.15, -0.1) is 0 Å². The fourth-order valence-corrected chi connectivity index (χ4v) is 0.980. The van der Waals surface area contributed by atoms with Gasteiger partial charge < -0.3 is 9.47 Å². The summed E-state index contributed by atoms with van der Waals surface area (Å²) < 4.78 is 9.55. The monoisotopic (exact) mass is 214 g/mol. The summed E-state index contributed by atoms with van der Waals surface area (Å²) >= 11 is 0. The maximum absolute atomic E-state index is 11.5. The third-order valence-electron chi connectivity index (χ3n) is 1.67. The van der Waals surface area contributed by atoms with Gasteiger partial charge in [0.15, 0.2) is 5.78 Å². The number of methoxy groups -OCH3 is 1. The van der Waals surface area contributed by atoms with Gasteiger partial charge in [-0.2, -0.15) is 0 Å². The summed E-state index contributed by atoms with van der Waals surface area (Å²) in [6.45, 7) is 4.08. The van der Waals surface area contributed by atoms with Crippen LogP contribution in [0.15, 0.2) is 11.8 Å². The molecule has 0 aliphatic heterocycles. The van der Waals surface area contributed by atoms with Crippen LogP contribution >= 0.6 is 0 Å². The van der Waals surface area contributed by atoms with E-state index in [-0.39, 0.29) is 11.4 Å². The molecule has 0 radical (unpaired) electrons. The molecule has 0 saturated carbocycles. The molecular formula is C11H18O4. The zero-order valence-electron chi connectivity index (χ0n) is 9.54. The molecule has 15 heavy (non-hydrogen) atoms. The standard InChI is InChI=1S/C11H18O4/c1-4-6-10(12)9(8-14-3)11(13)15-7-5-2/h8H,4-7H2,1-3H3. The van der Waals surface area contributed by atoms with Gasteiger partial charge in [-0.1, -0.05) is 13.8 Å². The van der Waals surface area contributed by atoms with Gasteiger partial charge in [0.2, 0.25) is 0 Å². The highest BCUT2D eigenvalue weighted by molar-refractivity contribution is 6.17. The summed E-state index contributed by atoms with van der Waals surface area (Å²) in [6.07, 6.45) is 2.90. The van der Waals surface area contributed by atoms with Crippen molar-refractivity contribution in [1.29, 1.82) is 0 Å². The second kappa shape index (κ2) is 8.03. The second-order valence-electron chi connectivity index (χ2n) is 3.08. The molecule has 0 N–H and O–H groups in total. The van der Waals surface area contributed by atoms with Crippen molar-refractivity contribution < 1.29 is 19.1 Å². The van der Waals surface area contributed by atoms with E-state index in [4.69, 9.17) is 4.74 Å². The molecule has 0 atom stereocenters.